The molecule has 0 radical (unpaired) electrons. The van der Waals surface area contributed by atoms with E-state index < -0.39 is 47.1 Å². The second kappa shape index (κ2) is 11.4. The molecule has 5 N–H and O–H groups in total. The summed E-state index contributed by atoms with van der Waals surface area (Å²) < 4.78 is 0. The summed E-state index contributed by atoms with van der Waals surface area (Å²) in [6.07, 6.45) is 0.642. The summed E-state index contributed by atoms with van der Waals surface area (Å²) in [7, 11) is 1.31. The summed E-state index contributed by atoms with van der Waals surface area (Å²) in [4.78, 5) is 64.4. The van der Waals surface area contributed by atoms with Crippen molar-refractivity contribution in [2.75, 3.05) is 13.6 Å². The van der Waals surface area contributed by atoms with E-state index in [2.05, 4.69) is 21.3 Å². The molecule has 10 nitrogen and oxygen atoms in total. The highest BCUT2D eigenvalue weighted by molar-refractivity contribution is 6.38. The Morgan fingerprint density at radius 1 is 0.974 bits per heavy atom. The third-order valence-electron chi connectivity index (χ3n) is 7.35. The molecule has 4 amide bonds. The SMILES string of the molecule is CNC(=O)C(=O)[C@@H](C[C@@H]1CCNC1=O)NC(=O)[C@H](CC(C)C)NC(=O)C1(O)c2ccccc2-c2ccccc21. The third-order valence-corrected chi connectivity index (χ3v) is 7.35. The average molecular weight is 535 g/mol. The van der Waals surface area contributed by atoms with Crippen molar-refractivity contribution in [3.05, 3.63) is 59.7 Å². The lowest BCUT2D eigenvalue weighted by Crippen LogP contribution is -2.57. The Hall–Kier alpha value is -4.05. The molecule has 0 aromatic heterocycles. The number of carbonyl (C=O) groups excluding carboxylic acids is 5. The number of hydrogen-bond donors (Lipinski definition) is 5. The summed E-state index contributed by atoms with van der Waals surface area (Å²) in [5.41, 5.74) is 0.241. The summed E-state index contributed by atoms with van der Waals surface area (Å²) in [6, 6.07) is 11.7. The lowest BCUT2D eigenvalue weighted by atomic mass is 9.89. The zero-order valence-electron chi connectivity index (χ0n) is 22.2. The van der Waals surface area contributed by atoms with Crippen LogP contribution in [0.15, 0.2) is 48.5 Å². The van der Waals surface area contributed by atoms with Crippen LogP contribution >= 0.6 is 0 Å². The van der Waals surface area contributed by atoms with Gasteiger partial charge in [-0.1, -0.05) is 62.4 Å². The largest absolute Gasteiger partial charge is 0.372 e. The molecule has 2 aliphatic rings. The highest BCUT2D eigenvalue weighted by Gasteiger charge is 2.48. The van der Waals surface area contributed by atoms with E-state index in [4.69, 9.17) is 0 Å². The number of amides is 4. The fraction of sp³-hybridized carbons (Fsp3) is 0.414. The molecule has 0 bridgehead atoms. The molecule has 2 aromatic carbocycles. The van der Waals surface area contributed by atoms with E-state index in [9.17, 15) is 29.1 Å². The molecular weight excluding hydrogens is 500 g/mol. The van der Waals surface area contributed by atoms with Crippen molar-refractivity contribution in [3.8, 4) is 11.1 Å². The summed E-state index contributed by atoms with van der Waals surface area (Å²) in [5.74, 6) is -4.03. The van der Waals surface area contributed by atoms with Gasteiger partial charge < -0.3 is 26.4 Å². The lowest BCUT2D eigenvalue weighted by molar-refractivity contribution is -0.142. The smallest absolute Gasteiger partial charge is 0.289 e. The van der Waals surface area contributed by atoms with Crippen molar-refractivity contribution in [3.63, 3.8) is 0 Å². The van der Waals surface area contributed by atoms with Gasteiger partial charge in [0, 0.05) is 30.6 Å². The minimum atomic E-state index is -2.03. The van der Waals surface area contributed by atoms with Crippen LogP contribution in [-0.4, -0.2) is 60.2 Å². The number of rotatable bonds is 10. The van der Waals surface area contributed by atoms with Crippen molar-refractivity contribution < 1.29 is 29.1 Å². The number of aliphatic hydroxyl groups is 1. The molecule has 1 aliphatic heterocycles. The van der Waals surface area contributed by atoms with Crippen LogP contribution in [0.25, 0.3) is 11.1 Å². The van der Waals surface area contributed by atoms with Gasteiger partial charge in [0.05, 0.1) is 6.04 Å². The van der Waals surface area contributed by atoms with Crippen molar-refractivity contribution in [1.29, 1.82) is 0 Å². The average Bonchev–Trinajstić information content (AvgIpc) is 3.45. The molecule has 1 heterocycles. The number of Topliss-reactive ketones (excluding diaryl/α,β-unsaturated/α-hetero) is 1. The topological polar surface area (TPSA) is 154 Å². The molecular formula is C29H34N4O6. The van der Waals surface area contributed by atoms with Gasteiger partial charge in [-0.3, -0.25) is 24.0 Å². The molecule has 4 rings (SSSR count). The Kier molecular flexibility index (Phi) is 8.15. The maximum Gasteiger partial charge on any atom is 0.289 e. The number of fused-ring (bicyclic) bond motifs is 3. The van der Waals surface area contributed by atoms with E-state index in [1.165, 1.54) is 7.05 Å². The normalized spacial score (nSPS) is 18.4. The van der Waals surface area contributed by atoms with E-state index in [1.54, 1.807) is 24.3 Å². The lowest BCUT2D eigenvalue weighted by Gasteiger charge is -2.29. The van der Waals surface area contributed by atoms with Crippen LogP contribution in [0.1, 0.15) is 44.2 Å². The van der Waals surface area contributed by atoms with Gasteiger partial charge in [0.25, 0.3) is 11.8 Å². The van der Waals surface area contributed by atoms with Gasteiger partial charge in [0.15, 0.2) is 5.60 Å². The Bertz CT molecular complexity index is 1260. The first-order chi connectivity index (χ1) is 18.6. The Balaban J connectivity index is 1.60. The standard InChI is InChI=1S/C29H34N4O6/c1-16(2)14-23(26(36)32-22(24(34)27(37)30-3)15-17-12-13-31-25(17)35)33-28(38)29(39)20-10-6-4-8-18(20)19-9-5-7-11-21(19)29/h4-11,16-17,22-23,39H,12-15H2,1-3H3,(H,30,37)(H,31,35)(H,32,36)(H,33,38)/t17-,22+,23-/m0/s1. The monoisotopic (exact) mass is 534 g/mol. The van der Waals surface area contributed by atoms with Crippen LogP contribution in [0.5, 0.6) is 0 Å². The van der Waals surface area contributed by atoms with Crippen LogP contribution in [0.4, 0.5) is 0 Å². The zero-order valence-corrected chi connectivity index (χ0v) is 22.2. The van der Waals surface area contributed by atoms with E-state index in [0.717, 1.165) is 11.1 Å². The first-order valence-electron chi connectivity index (χ1n) is 13.1. The van der Waals surface area contributed by atoms with E-state index in [0.29, 0.717) is 24.1 Å². The Morgan fingerprint density at radius 3 is 2.08 bits per heavy atom. The quantitative estimate of drug-likeness (QED) is 0.284. The van der Waals surface area contributed by atoms with Gasteiger partial charge in [0.1, 0.15) is 6.04 Å². The van der Waals surface area contributed by atoms with Gasteiger partial charge in [-0.05, 0) is 36.3 Å². The van der Waals surface area contributed by atoms with Crippen molar-refractivity contribution in [1.82, 2.24) is 21.3 Å². The summed E-state index contributed by atoms with van der Waals surface area (Å²) in [6.45, 7) is 4.20. The molecule has 0 unspecified atom stereocenters. The van der Waals surface area contributed by atoms with Gasteiger partial charge in [-0.25, -0.2) is 0 Å². The molecule has 10 heteroatoms. The van der Waals surface area contributed by atoms with Gasteiger partial charge in [0.2, 0.25) is 17.6 Å². The molecule has 0 spiro atoms. The van der Waals surface area contributed by atoms with E-state index >= 15 is 0 Å². The van der Waals surface area contributed by atoms with Crippen molar-refractivity contribution in [2.24, 2.45) is 11.8 Å². The molecule has 2 aromatic rings. The maximum atomic E-state index is 13.8. The molecule has 1 fully saturated rings. The number of carbonyl (C=O) groups is 5. The molecule has 39 heavy (non-hydrogen) atoms. The maximum absolute atomic E-state index is 13.8. The third kappa shape index (κ3) is 5.42. The van der Waals surface area contributed by atoms with E-state index in [-0.39, 0.29) is 24.7 Å². The molecule has 3 atom stereocenters. The number of hydrogen-bond acceptors (Lipinski definition) is 6. The molecule has 1 saturated heterocycles. The molecule has 206 valence electrons. The van der Waals surface area contributed by atoms with Gasteiger partial charge >= 0.3 is 0 Å². The van der Waals surface area contributed by atoms with Crippen LogP contribution in [0, 0.1) is 11.8 Å². The first-order valence-corrected chi connectivity index (χ1v) is 13.1. The van der Waals surface area contributed by atoms with Gasteiger partial charge in [-0.2, -0.15) is 0 Å². The number of nitrogens with one attached hydrogen (secondary N) is 4. The first kappa shape index (κ1) is 28.0. The minimum absolute atomic E-state index is 0.0347. The van der Waals surface area contributed by atoms with E-state index in [1.807, 2.05) is 38.1 Å². The number of ketones is 1. The fourth-order valence-electron chi connectivity index (χ4n) is 5.36. The zero-order chi connectivity index (χ0) is 28.3. The van der Waals surface area contributed by atoms with Crippen LogP contribution < -0.4 is 21.3 Å². The fourth-order valence-corrected chi connectivity index (χ4v) is 5.36. The van der Waals surface area contributed by atoms with Crippen LogP contribution in [0.3, 0.4) is 0 Å². The summed E-state index contributed by atoms with van der Waals surface area (Å²) >= 11 is 0. The second-order valence-electron chi connectivity index (χ2n) is 10.5. The minimum Gasteiger partial charge on any atom is -0.372 e. The van der Waals surface area contributed by atoms with Crippen LogP contribution in [-0.2, 0) is 29.6 Å². The number of benzene rings is 2. The van der Waals surface area contributed by atoms with Crippen LogP contribution in [0.2, 0.25) is 0 Å². The molecule has 0 saturated carbocycles. The van der Waals surface area contributed by atoms with Crippen molar-refractivity contribution >= 4 is 29.4 Å². The Labute approximate surface area is 226 Å². The Morgan fingerprint density at radius 2 is 1.56 bits per heavy atom. The molecule has 1 aliphatic carbocycles. The van der Waals surface area contributed by atoms with Crippen molar-refractivity contribution in [2.45, 2.75) is 50.8 Å². The van der Waals surface area contributed by atoms with Gasteiger partial charge in [-0.15, -0.1) is 0 Å². The highest BCUT2D eigenvalue weighted by Crippen LogP contribution is 2.47. The summed E-state index contributed by atoms with van der Waals surface area (Å²) in [5, 5.41) is 22.1. The predicted molar refractivity (Wildman–Crippen MR) is 143 cm³/mol. The predicted octanol–water partition coefficient (Wildman–Crippen LogP) is 0.760. The second-order valence-corrected chi connectivity index (χ2v) is 10.5. The number of likely N-dealkylation sites (N-methyl/N-ethyl adjacent to an activating group) is 1. The highest BCUT2D eigenvalue weighted by atomic mass is 16.3.